The molecule has 5 nitrogen and oxygen atoms in total. The minimum Gasteiger partial charge on any atom is -0.480 e. The van der Waals surface area contributed by atoms with E-state index in [0.29, 0.717) is 30.3 Å². The molecular weight excluding hydrogens is 344 g/mol. The van der Waals surface area contributed by atoms with E-state index < -0.39 is 12.1 Å². The van der Waals surface area contributed by atoms with Gasteiger partial charge >= 0.3 is 5.97 Å². The van der Waals surface area contributed by atoms with Gasteiger partial charge in [0, 0.05) is 12.5 Å². The number of hydrogen-bond donors (Lipinski definition) is 3. The number of aliphatic hydroxyl groups is 2. The predicted molar refractivity (Wildman–Crippen MR) is 105 cm³/mol. The number of carboxylic acid groups (broad SMARTS) is 1. The van der Waals surface area contributed by atoms with Crippen LogP contribution in [0.5, 0.6) is 0 Å². The highest BCUT2D eigenvalue weighted by Crippen LogP contribution is 2.51. The first kappa shape index (κ1) is 22.4. The topological polar surface area (TPSA) is 87.0 Å². The molecule has 0 spiro atoms. The molecule has 3 N–H and O–H groups in total. The normalized spacial score (nSPS) is 32.7. The van der Waals surface area contributed by atoms with Crippen LogP contribution in [-0.2, 0) is 9.53 Å². The summed E-state index contributed by atoms with van der Waals surface area (Å²) in [6, 6.07) is 0. The fraction of sp³-hybridized carbons (Fsp3) is 0.864. The van der Waals surface area contributed by atoms with Gasteiger partial charge in [-0.25, -0.2) is 4.79 Å². The summed E-state index contributed by atoms with van der Waals surface area (Å²) in [6.45, 7) is 4.65. The van der Waals surface area contributed by atoms with Gasteiger partial charge in [-0.15, -0.1) is 0 Å². The highest BCUT2D eigenvalue weighted by Gasteiger charge is 2.46. The van der Waals surface area contributed by atoms with Gasteiger partial charge < -0.3 is 20.1 Å². The van der Waals surface area contributed by atoms with Crippen LogP contribution in [0.15, 0.2) is 12.2 Å². The molecule has 2 saturated carbocycles. The monoisotopic (exact) mass is 382 g/mol. The summed E-state index contributed by atoms with van der Waals surface area (Å²) in [7, 11) is 0. The third-order valence-corrected chi connectivity index (χ3v) is 6.48. The Morgan fingerprint density at radius 2 is 2.07 bits per heavy atom. The van der Waals surface area contributed by atoms with Crippen molar-refractivity contribution in [3.63, 3.8) is 0 Å². The first-order valence-electron chi connectivity index (χ1n) is 10.7. The molecule has 0 aromatic rings. The standard InChI is InChI=1S/C22H38O5/c1-3-4-5-15(2)10-18(23)6-7-19-20-12-16(8-9-27-14-22(25)26)11-17(20)13-21(19)24/h6-7,15-21,23-24H,3-5,8-14H2,1-2H3,(H,25,26)/b7-6+/t15-,16+,17-,18-,19+,20-,21+/m0/s1. The number of fused-ring (bicyclic) bond motifs is 1. The molecular formula is C22H38O5. The van der Waals surface area contributed by atoms with Gasteiger partial charge in [-0.05, 0) is 55.8 Å². The second-order valence-electron chi connectivity index (χ2n) is 8.81. The zero-order valence-electron chi connectivity index (χ0n) is 16.9. The van der Waals surface area contributed by atoms with E-state index in [1.165, 1.54) is 12.8 Å². The lowest BCUT2D eigenvalue weighted by Gasteiger charge is -2.20. The van der Waals surface area contributed by atoms with Crippen LogP contribution in [0.4, 0.5) is 0 Å². The molecule has 2 aliphatic rings. The van der Waals surface area contributed by atoms with Crippen molar-refractivity contribution in [1.29, 1.82) is 0 Å². The van der Waals surface area contributed by atoms with E-state index in [0.717, 1.165) is 38.5 Å². The number of ether oxygens (including phenoxy) is 1. The lowest BCUT2D eigenvalue weighted by Crippen LogP contribution is -2.19. The largest absolute Gasteiger partial charge is 0.480 e. The third kappa shape index (κ3) is 7.20. The molecule has 0 aromatic carbocycles. The average Bonchev–Trinajstić information content (AvgIpc) is 3.11. The molecule has 156 valence electrons. The van der Waals surface area contributed by atoms with Gasteiger partial charge in [0.05, 0.1) is 12.2 Å². The Morgan fingerprint density at radius 1 is 1.30 bits per heavy atom. The van der Waals surface area contributed by atoms with Crippen molar-refractivity contribution in [3.05, 3.63) is 12.2 Å². The van der Waals surface area contributed by atoms with E-state index >= 15 is 0 Å². The SMILES string of the molecule is CCCC[C@H](C)C[C@@H](O)/C=C/[C@@H]1[C@H]2C[C@H](CCOCC(=O)O)C[C@H]2C[C@H]1O. The Labute approximate surface area is 163 Å². The number of aliphatic hydroxyl groups excluding tert-OH is 2. The molecule has 0 radical (unpaired) electrons. The first-order chi connectivity index (χ1) is 12.9. The smallest absolute Gasteiger partial charge is 0.329 e. The summed E-state index contributed by atoms with van der Waals surface area (Å²) in [5, 5.41) is 29.4. The predicted octanol–water partition coefficient (Wildman–Crippen LogP) is 3.63. The van der Waals surface area contributed by atoms with Crippen LogP contribution in [0, 0.1) is 29.6 Å². The number of unbranched alkanes of at least 4 members (excludes halogenated alkanes) is 1. The van der Waals surface area contributed by atoms with Gasteiger partial charge in [0.1, 0.15) is 6.61 Å². The minimum atomic E-state index is -0.922. The van der Waals surface area contributed by atoms with E-state index in [1.807, 2.05) is 6.08 Å². The van der Waals surface area contributed by atoms with Gasteiger partial charge in [-0.3, -0.25) is 0 Å². The van der Waals surface area contributed by atoms with Crippen LogP contribution in [0.25, 0.3) is 0 Å². The van der Waals surface area contributed by atoms with E-state index in [1.54, 1.807) is 0 Å². The summed E-state index contributed by atoms with van der Waals surface area (Å²) in [6.07, 6.45) is 11.5. The molecule has 0 bridgehead atoms. The molecule has 27 heavy (non-hydrogen) atoms. The molecule has 2 fully saturated rings. The lowest BCUT2D eigenvalue weighted by atomic mass is 9.89. The van der Waals surface area contributed by atoms with Gasteiger partial charge in [0.25, 0.3) is 0 Å². The van der Waals surface area contributed by atoms with Crippen molar-refractivity contribution in [2.45, 2.75) is 77.4 Å². The Balaban J connectivity index is 1.77. The minimum absolute atomic E-state index is 0.139. The summed E-state index contributed by atoms with van der Waals surface area (Å²) in [4.78, 5) is 10.5. The number of rotatable bonds is 12. The Morgan fingerprint density at radius 3 is 2.78 bits per heavy atom. The molecule has 5 heteroatoms. The van der Waals surface area contributed by atoms with E-state index in [2.05, 4.69) is 19.9 Å². The molecule has 2 rings (SSSR count). The summed E-state index contributed by atoms with van der Waals surface area (Å²) in [5.74, 6) is 1.31. The quantitative estimate of drug-likeness (QED) is 0.354. The van der Waals surface area contributed by atoms with Gasteiger partial charge in [0.15, 0.2) is 0 Å². The third-order valence-electron chi connectivity index (χ3n) is 6.48. The second-order valence-corrected chi connectivity index (χ2v) is 8.81. The van der Waals surface area contributed by atoms with Crippen LogP contribution in [-0.4, -0.2) is 46.7 Å². The van der Waals surface area contributed by atoms with E-state index in [9.17, 15) is 15.0 Å². The number of carbonyl (C=O) groups is 1. The van der Waals surface area contributed by atoms with Crippen molar-refractivity contribution in [1.82, 2.24) is 0 Å². The molecule has 0 amide bonds. The van der Waals surface area contributed by atoms with Gasteiger partial charge in [0.2, 0.25) is 0 Å². The summed E-state index contributed by atoms with van der Waals surface area (Å²) < 4.78 is 5.17. The zero-order chi connectivity index (χ0) is 19.8. The average molecular weight is 383 g/mol. The van der Waals surface area contributed by atoms with Crippen LogP contribution in [0.3, 0.4) is 0 Å². The second kappa shape index (κ2) is 11.2. The molecule has 0 saturated heterocycles. The van der Waals surface area contributed by atoms with E-state index in [-0.39, 0.29) is 18.6 Å². The van der Waals surface area contributed by atoms with Crippen molar-refractivity contribution < 1.29 is 24.9 Å². The molecule has 0 aliphatic heterocycles. The zero-order valence-corrected chi connectivity index (χ0v) is 16.9. The first-order valence-corrected chi connectivity index (χ1v) is 10.7. The molecule has 0 unspecified atom stereocenters. The fourth-order valence-corrected chi connectivity index (χ4v) is 5.11. The Hall–Kier alpha value is -0.910. The van der Waals surface area contributed by atoms with Crippen molar-refractivity contribution >= 4 is 5.97 Å². The van der Waals surface area contributed by atoms with E-state index in [4.69, 9.17) is 9.84 Å². The van der Waals surface area contributed by atoms with Crippen LogP contribution in [0.2, 0.25) is 0 Å². The molecule has 0 heterocycles. The number of hydrogen-bond acceptors (Lipinski definition) is 4. The van der Waals surface area contributed by atoms with Gasteiger partial charge in [-0.1, -0.05) is 45.3 Å². The van der Waals surface area contributed by atoms with Gasteiger partial charge in [-0.2, -0.15) is 0 Å². The highest BCUT2D eigenvalue weighted by atomic mass is 16.5. The lowest BCUT2D eigenvalue weighted by molar-refractivity contribution is -0.142. The van der Waals surface area contributed by atoms with Crippen molar-refractivity contribution in [3.8, 4) is 0 Å². The molecule has 7 atom stereocenters. The summed E-state index contributed by atoms with van der Waals surface area (Å²) in [5.41, 5.74) is 0. The fourth-order valence-electron chi connectivity index (χ4n) is 5.11. The number of carboxylic acids is 1. The Kier molecular flexibility index (Phi) is 9.27. The molecule has 0 aromatic heterocycles. The van der Waals surface area contributed by atoms with Crippen molar-refractivity contribution in [2.24, 2.45) is 29.6 Å². The van der Waals surface area contributed by atoms with Crippen LogP contribution in [0.1, 0.15) is 65.2 Å². The van der Waals surface area contributed by atoms with Crippen molar-refractivity contribution in [2.75, 3.05) is 13.2 Å². The Bertz CT molecular complexity index is 477. The van der Waals surface area contributed by atoms with Crippen LogP contribution < -0.4 is 0 Å². The highest BCUT2D eigenvalue weighted by molar-refractivity contribution is 5.67. The summed E-state index contributed by atoms with van der Waals surface area (Å²) >= 11 is 0. The number of aliphatic carboxylic acids is 1. The van der Waals surface area contributed by atoms with Crippen LogP contribution >= 0.6 is 0 Å². The maximum Gasteiger partial charge on any atom is 0.329 e. The maximum atomic E-state index is 10.5. The molecule has 2 aliphatic carbocycles. The maximum absolute atomic E-state index is 10.5.